The molecule has 2 fully saturated rings. The molecule has 2 rings (SSSR count). The zero-order valence-electron chi connectivity index (χ0n) is 15.1. The first-order valence-electron chi connectivity index (χ1n) is 9.45. The Morgan fingerprint density at radius 3 is 2.29 bits per heavy atom. The fraction of sp³-hybridized carbons (Fsp3) is 1.00. The zero-order chi connectivity index (χ0) is 15.5. The third-order valence-electron chi connectivity index (χ3n) is 6.42. The Labute approximate surface area is 133 Å². The van der Waals surface area contributed by atoms with Crippen LogP contribution in [0.2, 0.25) is 0 Å². The van der Waals surface area contributed by atoms with Crippen molar-refractivity contribution in [1.29, 1.82) is 0 Å². The zero-order valence-corrected chi connectivity index (χ0v) is 15.1. The maximum absolute atomic E-state index is 3.87. The van der Waals surface area contributed by atoms with E-state index >= 15 is 0 Å². The predicted molar refractivity (Wildman–Crippen MR) is 92.7 cm³/mol. The molecule has 0 spiro atoms. The second-order valence-electron chi connectivity index (χ2n) is 8.27. The van der Waals surface area contributed by atoms with Crippen LogP contribution in [-0.4, -0.2) is 36.6 Å². The van der Waals surface area contributed by atoms with Crippen molar-refractivity contribution in [3.63, 3.8) is 0 Å². The summed E-state index contributed by atoms with van der Waals surface area (Å²) in [5, 5.41) is 3.87. The molecule has 0 radical (unpaired) electrons. The molecule has 0 aromatic carbocycles. The van der Waals surface area contributed by atoms with Gasteiger partial charge >= 0.3 is 0 Å². The van der Waals surface area contributed by atoms with Gasteiger partial charge in [0.1, 0.15) is 0 Å². The molecule has 2 saturated carbocycles. The van der Waals surface area contributed by atoms with Crippen LogP contribution < -0.4 is 5.32 Å². The van der Waals surface area contributed by atoms with Gasteiger partial charge in [-0.3, -0.25) is 4.90 Å². The van der Waals surface area contributed by atoms with Crippen LogP contribution >= 0.6 is 0 Å². The normalized spacial score (nSPS) is 36.3. The maximum atomic E-state index is 3.87. The number of nitrogens with one attached hydrogen (secondary N) is 1. The van der Waals surface area contributed by atoms with Gasteiger partial charge < -0.3 is 5.32 Å². The third-order valence-corrected chi connectivity index (χ3v) is 6.42. The SMILES string of the molecule is CCCNC1C(N(C)C2CCC(CC)CC2)CCC1(C)C. The summed E-state index contributed by atoms with van der Waals surface area (Å²) in [6, 6.07) is 2.25. The average molecular weight is 295 g/mol. The molecule has 2 nitrogen and oxygen atoms in total. The molecule has 2 unspecified atom stereocenters. The molecule has 0 saturated heterocycles. The van der Waals surface area contributed by atoms with E-state index in [1.807, 2.05) is 0 Å². The third kappa shape index (κ3) is 4.01. The van der Waals surface area contributed by atoms with E-state index in [-0.39, 0.29) is 0 Å². The molecule has 2 aliphatic carbocycles. The van der Waals surface area contributed by atoms with Crippen LogP contribution in [0.4, 0.5) is 0 Å². The predicted octanol–water partition coefficient (Wildman–Crippen LogP) is 4.44. The quantitative estimate of drug-likeness (QED) is 0.779. The first-order valence-corrected chi connectivity index (χ1v) is 9.45. The molecule has 2 atom stereocenters. The van der Waals surface area contributed by atoms with Crippen molar-refractivity contribution in [2.75, 3.05) is 13.6 Å². The van der Waals surface area contributed by atoms with E-state index in [1.165, 1.54) is 57.9 Å². The molecule has 124 valence electrons. The van der Waals surface area contributed by atoms with E-state index in [9.17, 15) is 0 Å². The highest BCUT2D eigenvalue weighted by atomic mass is 15.2. The summed E-state index contributed by atoms with van der Waals surface area (Å²) in [7, 11) is 2.41. The van der Waals surface area contributed by atoms with Gasteiger partial charge in [0.05, 0.1) is 0 Å². The molecule has 2 heteroatoms. The van der Waals surface area contributed by atoms with Crippen LogP contribution in [0.15, 0.2) is 0 Å². The summed E-state index contributed by atoms with van der Waals surface area (Å²) in [6.07, 6.45) is 11.1. The molecule has 0 aromatic heterocycles. The number of rotatable bonds is 6. The molecular formula is C19H38N2. The molecule has 0 bridgehead atoms. The second-order valence-corrected chi connectivity index (χ2v) is 8.27. The largest absolute Gasteiger partial charge is 0.312 e. The van der Waals surface area contributed by atoms with Gasteiger partial charge in [-0.1, -0.05) is 34.1 Å². The van der Waals surface area contributed by atoms with E-state index < -0.39 is 0 Å². The molecule has 0 aromatic rings. The van der Waals surface area contributed by atoms with Crippen molar-refractivity contribution in [3.05, 3.63) is 0 Å². The van der Waals surface area contributed by atoms with E-state index in [1.54, 1.807) is 0 Å². The van der Waals surface area contributed by atoms with Crippen LogP contribution in [0.5, 0.6) is 0 Å². The smallest absolute Gasteiger partial charge is 0.0274 e. The minimum absolute atomic E-state index is 0.453. The number of nitrogens with zero attached hydrogens (tertiary/aromatic N) is 1. The Morgan fingerprint density at radius 2 is 1.71 bits per heavy atom. The molecule has 0 heterocycles. The number of hydrogen-bond donors (Lipinski definition) is 1. The minimum atomic E-state index is 0.453. The molecule has 2 aliphatic rings. The van der Waals surface area contributed by atoms with E-state index in [2.05, 4.69) is 45.0 Å². The van der Waals surface area contributed by atoms with Gasteiger partial charge in [0.15, 0.2) is 0 Å². The van der Waals surface area contributed by atoms with Crippen molar-refractivity contribution in [2.24, 2.45) is 11.3 Å². The maximum Gasteiger partial charge on any atom is 0.0274 e. The summed E-state index contributed by atoms with van der Waals surface area (Å²) in [5.41, 5.74) is 0.453. The van der Waals surface area contributed by atoms with Crippen molar-refractivity contribution < 1.29 is 0 Å². The Balaban J connectivity index is 1.95. The van der Waals surface area contributed by atoms with Gasteiger partial charge in [0.25, 0.3) is 0 Å². The lowest BCUT2D eigenvalue weighted by atomic mass is 9.82. The van der Waals surface area contributed by atoms with Crippen LogP contribution in [0.25, 0.3) is 0 Å². The number of hydrogen-bond acceptors (Lipinski definition) is 2. The van der Waals surface area contributed by atoms with Crippen LogP contribution in [0, 0.1) is 11.3 Å². The Hall–Kier alpha value is -0.0800. The van der Waals surface area contributed by atoms with Gasteiger partial charge in [-0.2, -0.15) is 0 Å². The van der Waals surface area contributed by atoms with Crippen LogP contribution in [0.3, 0.4) is 0 Å². The Bertz CT molecular complexity index is 305. The van der Waals surface area contributed by atoms with E-state index in [0.717, 1.165) is 18.0 Å². The van der Waals surface area contributed by atoms with Crippen LogP contribution in [-0.2, 0) is 0 Å². The number of likely N-dealkylation sites (N-methyl/N-ethyl adjacent to an activating group) is 1. The van der Waals surface area contributed by atoms with Gasteiger partial charge in [-0.05, 0) is 69.9 Å². The average Bonchev–Trinajstić information content (AvgIpc) is 2.79. The Morgan fingerprint density at radius 1 is 1.05 bits per heavy atom. The van der Waals surface area contributed by atoms with Gasteiger partial charge in [-0.25, -0.2) is 0 Å². The topological polar surface area (TPSA) is 15.3 Å². The first kappa shape index (κ1) is 17.3. The summed E-state index contributed by atoms with van der Waals surface area (Å²) >= 11 is 0. The molecule has 21 heavy (non-hydrogen) atoms. The highest BCUT2D eigenvalue weighted by Gasteiger charge is 2.44. The van der Waals surface area contributed by atoms with Gasteiger partial charge in [-0.15, -0.1) is 0 Å². The van der Waals surface area contributed by atoms with E-state index in [0.29, 0.717) is 11.5 Å². The molecular weight excluding hydrogens is 256 g/mol. The molecule has 0 amide bonds. The Kier molecular flexibility index (Phi) is 6.14. The van der Waals surface area contributed by atoms with Crippen molar-refractivity contribution in [2.45, 2.75) is 97.2 Å². The van der Waals surface area contributed by atoms with Crippen molar-refractivity contribution >= 4 is 0 Å². The van der Waals surface area contributed by atoms with E-state index in [4.69, 9.17) is 0 Å². The highest BCUT2D eigenvalue weighted by Crippen LogP contribution is 2.41. The lowest BCUT2D eigenvalue weighted by Gasteiger charge is -2.42. The standard InChI is InChI=1S/C19H38N2/c1-6-14-20-18-17(12-13-19(18,3)4)21(5)16-10-8-15(7-2)9-11-16/h15-18,20H,6-14H2,1-5H3. The van der Waals surface area contributed by atoms with Gasteiger partial charge in [0, 0.05) is 18.1 Å². The monoisotopic (exact) mass is 294 g/mol. The summed E-state index contributed by atoms with van der Waals surface area (Å²) in [5.74, 6) is 1.00. The fourth-order valence-corrected chi connectivity index (χ4v) is 4.74. The highest BCUT2D eigenvalue weighted by molar-refractivity contribution is 5.01. The van der Waals surface area contributed by atoms with Crippen molar-refractivity contribution in [1.82, 2.24) is 10.2 Å². The summed E-state index contributed by atoms with van der Waals surface area (Å²) in [4.78, 5) is 2.76. The first-order chi connectivity index (χ1) is 9.99. The van der Waals surface area contributed by atoms with Crippen molar-refractivity contribution in [3.8, 4) is 0 Å². The summed E-state index contributed by atoms with van der Waals surface area (Å²) in [6.45, 7) is 10.7. The van der Waals surface area contributed by atoms with Crippen LogP contribution in [0.1, 0.15) is 79.1 Å². The minimum Gasteiger partial charge on any atom is -0.312 e. The lowest BCUT2D eigenvalue weighted by molar-refractivity contribution is 0.0928. The fourth-order valence-electron chi connectivity index (χ4n) is 4.74. The second kappa shape index (κ2) is 7.46. The molecule has 1 N–H and O–H groups in total. The van der Waals surface area contributed by atoms with Gasteiger partial charge in [0.2, 0.25) is 0 Å². The lowest BCUT2D eigenvalue weighted by Crippen LogP contribution is -2.54. The summed E-state index contributed by atoms with van der Waals surface area (Å²) < 4.78 is 0. The molecule has 0 aliphatic heterocycles.